The predicted octanol–water partition coefficient (Wildman–Crippen LogP) is 5.45. The summed E-state index contributed by atoms with van der Waals surface area (Å²) in [7, 11) is 0. The van der Waals surface area contributed by atoms with Gasteiger partial charge in [0.05, 0.1) is 16.3 Å². The Hall–Kier alpha value is -2.19. The number of hydrogen-bond donors (Lipinski definition) is 2. The number of aromatic nitrogens is 2. The van der Waals surface area contributed by atoms with Crippen LogP contribution in [0.2, 0.25) is 5.02 Å². The summed E-state index contributed by atoms with van der Waals surface area (Å²) in [5.41, 5.74) is 0.588. The van der Waals surface area contributed by atoms with Crippen LogP contribution in [0.25, 0.3) is 11.3 Å². The zero-order valence-corrected chi connectivity index (χ0v) is 20.1. The van der Waals surface area contributed by atoms with Crippen LogP contribution in [0, 0.1) is 5.92 Å². The van der Waals surface area contributed by atoms with Gasteiger partial charge in [-0.1, -0.05) is 37.9 Å². The van der Waals surface area contributed by atoms with Gasteiger partial charge < -0.3 is 15.2 Å². The van der Waals surface area contributed by atoms with Gasteiger partial charge in [-0.25, -0.2) is 0 Å². The molecule has 1 heterocycles. The summed E-state index contributed by atoms with van der Waals surface area (Å²) in [6, 6.07) is 5.08. The molecule has 0 atom stereocenters. The molecule has 9 heteroatoms. The van der Waals surface area contributed by atoms with Gasteiger partial charge in [0.2, 0.25) is 0 Å². The van der Waals surface area contributed by atoms with Crippen molar-refractivity contribution in [1.29, 1.82) is 0 Å². The number of halogens is 3. The number of alkyl halides is 2. The van der Waals surface area contributed by atoms with Crippen LogP contribution in [-0.2, 0) is 13.0 Å². The van der Waals surface area contributed by atoms with Gasteiger partial charge in [0.15, 0.2) is 5.69 Å². The number of carbonyl (C=O) groups excluding carboxylic acids is 1. The first-order valence-corrected chi connectivity index (χ1v) is 11.9. The lowest BCUT2D eigenvalue weighted by atomic mass is 9.79. The molecule has 0 radical (unpaired) electrons. The molecular weight excluding hydrogens is 452 g/mol. The van der Waals surface area contributed by atoms with E-state index in [2.05, 4.69) is 17.3 Å². The normalized spacial score (nSPS) is 20.8. The number of hydrogen-bond acceptors (Lipinski definition) is 4. The average molecular weight is 484 g/mol. The molecule has 2 aromatic rings. The Labute approximate surface area is 198 Å². The molecule has 6 nitrogen and oxygen atoms in total. The largest absolute Gasteiger partial charge is 0.434 e. The molecular formula is C24H32ClF2N3O3. The topological polar surface area (TPSA) is 76.4 Å². The molecule has 1 aliphatic carbocycles. The van der Waals surface area contributed by atoms with Crippen LogP contribution < -0.4 is 10.1 Å². The Balaban J connectivity index is 1.89. The predicted molar refractivity (Wildman–Crippen MR) is 124 cm³/mol. The maximum Gasteiger partial charge on any atom is 0.387 e. The molecule has 3 rings (SSSR count). The third-order valence-corrected chi connectivity index (χ3v) is 6.61. The van der Waals surface area contributed by atoms with E-state index in [9.17, 15) is 18.7 Å². The van der Waals surface area contributed by atoms with Crippen molar-refractivity contribution in [3.63, 3.8) is 0 Å². The van der Waals surface area contributed by atoms with Gasteiger partial charge in [-0.2, -0.15) is 13.9 Å². The van der Waals surface area contributed by atoms with Crippen molar-refractivity contribution in [1.82, 2.24) is 15.1 Å². The average Bonchev–Trinajstić information content (AvgIpc) is 3.11. The molecule has 0 saturated heterocycles. The van der Waals surface area contributed by atoms with E-state index < -0.39 is 18.1 Å². The number of benzene rings is 1. The van der Waals surface area contributed by atoms with E-state index in [0.29, 0.717) is 36.6 Å². The Kier molecular flexibility index (Phi) is 8.34. The number of amides is 1. The highest BCUT2D eigenvalue weighted by molar-refractivity contribution is 6.36. The first-order valence-electron chi connectivity index (χ1n) is 11.5. The molecule has 1 amide bonds. The van der Waals surface area contributed by atoms with E-state index in [1.165, 1.54) is 4.68 Å². The zero-order valence-electron chi connectivity index (χ0n) is 19.3. The number of rotatable bonds is 9. The van der Waals surface area contributed by atoms with Crippen LogP contribution in [0.4, 0.5) is 8.78 Å². The van der Waals surface area contributed by atoms with E-state index in [-0.39, 0.29) is 23.0 Å². The number of aryl methyl sites for hydroxylation is 2. The Bertz CT molecular complexity index is 972. The molecule has 1 aliphatic rings. The molecule has 182 valence electrons. The molecule has 0 aliphatic heterocycles. The Morgan fingerprint density at radius 3 is 2.67 bits per heavy atom. The second kappa shape index (κ2) is 10.8. The highest BCUT2D eigenvalue weighted by Gasteiger charge is 2.33. The van der Waals surface area contributed by atoms with Crippen molar-refractivity contribution in [2.24, 2.45) is 5.92 Å². The molecule has 1 fully saturated rings. The van der Waals surface area contributed by atoms with Crippen LogP contribution in [0.3, 0.4) is 0 Å². The van der Waals surface area contributed by atoms with Crippen molar-refractivity contribution in [3.8, 4) is 17.0 Å². The third kappa shape index (κ3) is 6.03. The minimum atomic E-state index is -3.00. The highest BCUT2D eigenvalue weighted by Crippen LogP contribution is 2.38. The van der Waals surface area contributed by atoms with Crippen molar-refractivity contribution in [2.75, 3.05) is 6.54 Å². The summed E-state index contributed by atoms with van der Waals surface area (Å²) < 4.78 is 32.5. The first-order chi connectivity index (χ1) is 15.7. The first kappa shape index (κ1) is 25.4. The number of nitrogens with zero attached hydrogens (tertiary/aromatic N) is 2. The van der Waals surface area contributed by atoms with Crippen LogP contribution in [0.5, 0.6) is 5.75 Å². The molecule has 0 unspecified atom stereocenters. The Morgan fingerprint density at radius 1 is 1.36 bits per heavy atom. The Morgan fingerprint density at radius 2 is 2.06 bits per heavy atom. The standard InChI is InChI=1S/C24H32ClF2N3O3/c1-4-6-16-7-8-17(18(13-16)33-23(26)27)21-19(25)20(29-30(21)5-2)22(31)28-14-24(32)11-9-15(3)10-12-24/h7-8,13,15,23,32H,4-6,9-12,14H2,1-3H3,(H,28,31). The van der Waals surface area contributed by atoms with E-state index in [0.717, 1.165) is 31.2 Å². The van der Waals surface area contributed by atoms with Gasteiger partial charge in [0, 0.05) is 18.7 Å². The SMILES string of the molecule is CCCc1ccc(-c2c(Cl)c(C(=O)NCC3(O)CCC(C)CC3)nn2CC)c(OC(F)F)c1. The fourth-order valence-electron chi connectivity index (χ4n) is 4.28. The lowest BCUT2D eigenvalue weighted by Crippen LogP contribution is -2.45. The molecule has 0 spiro atoms. The van der Waals surface area contributed by atoms with Crippen molar-refractivity contribution < 1.29 is 23.4 Å². The molecule has 2 N–H and O–H groups in total. The number of aliphatic hydroxyl groups is 1. The van der Waals surface area contributed by atoms with Gasteiger partial charge in [0.1, 0.15) is 5.75 Å². The summed E-state index contributed by atoms with van der Waals surface area (Å²) in [6.45, 7) is 3.44. The molecule has 33 heavy (non-hydrogen) atoms. The van der Waals surface area contributed by atoms with Crippen molar-refractivity contribution in [2.45, 2.75) is 78.1 Å². The third-order valence-electron chi connectivity index (χ3n) is 6.25. The summed E-state index contributed by atoms with van der Waals surface area (Å²) in [5.74, 6) is 0.0380. The minimum absolute atomic E-state index is 0.00922. The summed E-state index contributed by atoms with van der Waals surface area (Å²) in [4.78, 5) is 12.9. The fraction of sp³-hybridized carbons (Fsp3) is 0.583. The second-order valence-electron chi connectivity index (χ2n) is 8.88. The van der Waals surface area contributed by atoms with Gasteiger partial charge in [0.25, 0.3) is 5.91 Å². The second-order valence-corrected chi connectivity index (χ2v) is 9.25. The van der Waals surface area contributed by atoms with Crippen LogP contribution in [0.1, 0.15) is 68.9 Å². The van der Waals surface area contributed by atoms with Crippen LogP contribution in [0.15, 0.2) is 18.2 Å². The molecule has 0 bridgehead atoms. The molecule has 1 saturated carbocycles. The summed E-state index contributed by atoms with van der Waals surface area (Å²) >= 11 is 6.57. The quantitative estimate of drug-likeness (QED) is 0.497. The van der Waals surface area contributed by atoms with E-state index >= 15 is 0 Å². The minimum Gasteiger partial charge on any atom is -0.434 e. The van der Waals surface area contributed by atoms with Crippen LogP contribution in [-0.4, -0.2) is 39.6 Å². The lowest BCUT2D eigenvalue weighted by Gasteiger charge is -2.34. The van der Waals surface area contributed by atoms with Gasteiger partial charge in [-0.05, 0) is 62.6 Å². The number of ether oxygens (including phenoxy) is 1. The van der Waals surface area contributed by atoms with E-state index in [1.807, 2.05) is 19.9 Å². The maximum absolute atomic E-state index is 13.1. The van der Waals surface area contributed by atoms with E-state index in [4.69, 9.17) is 16.3 Å². The summed E-state index contributed by atoms with van der Waals surface area (Å²) in [6.07, 6.45) is 4.63. The van der Waals surface area contributed by atoms with Crippen molar-refractivity contribution in [3.05, 3.63) is 34.5 Å². The maximum atomic E-state index is 13.1. The lowest BCUT2D eigenvalue weighted by molar-refractivity contribution is -0.0495. The monoisotopic (exact) mass is 483 g/mol. The van der Waals surface area contributed by atoms with Gasteiger partial charge >= 0.3 is 6.61 Å². The molecule has 1 aromatic carbocycles. The van der Waals surface area contributed by atoms with Crippen molar-refractivity contribution >= 4 is 17.5 Å². The van der Waals surface area contributed by atoms with Gasteiger partial charge in [-0.15, -0.1) is 0 Å². The fourth-order valence-corrected chi connectivity index (χ4v) is 4.60. The summed E-state index contributed by atoms with van der Waals surface area (Å²) in [5, 5.41) is 17.9. The molecule has 1 aromatic heterocycles. The van der Waals surface area contributed by atoms with Crippen LogP contribution >= 0.6 is 11.6 Å². The smallest absolute Gasteiger partial charge is 0.387 e. The van der Waals surface area contributed by atoms with E-state index in [1.54, 1.807) is 12.1 Å². The van der Waals surface area contributed by atoms with Gasteiger partial charge in [-0.3, -0.25) is 9.48 Å². The highest BCUT2D eigenvalue weighted by atomic mass is 35.5. The number of nitrogens with one attached hydrogen (secondary N) is 1. The number of carbonyl (C=O) groups is 1. The zero-order chi connectivity index (χ0) is 24.2.